The van der Waals surface area contributed by atoms with Crippen molar-refractivity contribution in [1.29, 1.82) is 5.26 Å². The van der Waals surface area contributed by atoms with Crippen LogP contribution >= 0.6 is 0 Å². The zero-order chi connectivity index (χ0) is 26.1. The molecule has 9 nitrogen and oxygen atoms in total. The number of nitriles is 1. The number of carbonyl (C=O) groups excluding carboxylic acids is 2. The van der Waals surface area contributed by atoms with Gasteiger partial charge in [-0.2, -0.15) is 23.5 Å². The minimum Gasteiger partial charge on any atom is -0.365 e. The van der Waals surface area contributed by atoms with Gasteiger partial charge in [-0.15, -0.1) is 0 Å². The van der Waals surface area contributed by atoms with Gasteiger partial charge in [0.15, 0.2) is 5.60 Å². The first kappa shape index (κ1) is 28.6. The molecule has 0 unspecified atom stereocenters. The van der Waals surface area contributed by atoms with E-state index in [1.54, 1.807) is 13.8 Å². The molecular weight excluding hydrogens is 465 g/mol. The molecule has 0 atom stereocenters. The Bertz CT molecular complexity index is 867. The van der Waals surface area contributed by atoms with E-state index in [9.17, 15) is 22.8 Å². The summed E-state index contributed by atoms with van der Waals surface area (Å²) < 4.78 is 41.9. The number of rotatable bonds is 6. The molecule has 3 aliphatic rings. The number of hydrogen-bond donors (Lipinski definition) is 4. The minimum absolute atomic E-state index is 0.0824. The lowest BCUT2D eigenvalue weighted by atomic mass is 9.87. The topological polar surface area (TPSA) is 146 Å². The molecule has 0 aromatic carbocycles. The molecule has 0 radical (unpaired) electrons. The second-order valence-electron chi connectivity index (χ2n) is 9.41. The fourth-order valence-corrected chi connectivity index (χ4v) is 3.81. The highest BCUT2D eigenvalue weighted by molar-refractivity contribution is 6.02. The van der Waals surface area contributed by atoms with Gasteiger partial charge in [-0.05, 0) is 45.4 Å². The third-order valence-corrected chi connectivity index (χ3v) is 6.00. The van der Waals surface area contributed by atoms with Gasteiger partial charge in [0.2, 0.25) is 5.91 Å². The molecule has 2 heterocycles. The Balaban J connectivity index is 0.000000190. The monoisotopic (exact) mass is 500 g/mol. The second kappa shape index (κ2) is 12.9. The maximum absolute atomic E-state index is 12.4. The van der Waals surface area contributed by atoms with E-state index in [0.717, 1.165) is 25.2 Å². The fraction of sp³-hybridized carbons (Fsp3) is 0.739. The van der Waals surface area contributed by atoms with Crippen LogP contribution in [0.3, 0.4) is 0 Å². The number of aromatic amines is 1. The van der Waals surface area contributed by atoms with E-state index in [4.69, 9.17) is 15.7 Å². The summed E-state index contributed by atoms with van der Waals surface area (Å²) in [5.74, 6) is 0.416. The van der Waals surface area contributed by atoms with Crippen LogP contribution < -0.4 is 16.4 Å². The van der Waals surface area contributed by atoms with Crippen molar-refractivity contribution in [3.05, 3.63) is 11.8 Å². The molecule has 1 aromatic rings. The number of primary amides is 1. The van der Waals surface area contributed by atoms with E-state index in [1.165, 1.54) is 38.3 Å². The average Bonchev–Trinajstić information content (AvgIpc) is 3.51. The molecule has 2 saturated carbocycles. The maximum atomic E-state index is 12.4. The number of H-pyrrole nitrogens is 1. The predicted octanol–water partition coefficient (Wildman–Crippen LogP) is 3.65. The molecule has 2 amide bonds. The molecule has 0 spiro atoms. The Kier molecular flexibility index (Phi) is 10.5. The lowest BCUT2D eigenvalue weighted by Gasteiger charge is -2.44. The Morgan fingerprint density at radius 2 is 1.89 bits per heavy atom. The van der Waals surface area contributed by atoms with E-state index >= 15 is 0 Å². The smallest absolute Gasteiger partial charge is 0.365 e. The van der Waals surface area contributed by atoms with Crippen molar-refractivity contribution in [2.24, 2.45) is 17.6 Å². The third-order valence-electron chi connectivity index (χ3n) is 6.00. The Hall–Kier alpha value is -2.65. The van der Waals surface area contributed by atoms with Crippen molar-refractivity contribution in [3.63, 3.8) is 0 Å². The van der Waals surface area contributed by atoms with Crippen LogP contribution in [0.2, 0.25) is 0 Å². The van der Waals surface area contributed by atoms with Crippen molar-refractivity contribution in [3.8, 4) is 6.07 Å². The van der Waals surface area contributed by atoms with E-state index in [0.29, 0.717) is 0 Å². The van der Waals surface area contributed by atoms with Crippen molar-refractivity contribution in [2.45, 2.75) is 83.1 Å². The summed E-state index contributed by atoms with van der Waals surface area (Å²) in [4.78, 5) is 22.2. The standard InChI is InChI=1S/C8H10N4O2.C8H13N.C7H12F3NO/c9-6(13)5-3-10-12-7(5)11-8(14)4-1-2-4;9-7-6-8-4-2-1-3-5-8;1-5(2)12-6(3-11-4-6)7(8,9)10/h3-4H,1-2H2,(H2,9,13)(H2,10,11,12,14);8H,1-6H2;5,11H,3-4H2,1-2H3. The van der Waals surface area contributed by atoms with E-state index in [-0.39, 0.29) is 36.3 Å². The number of aromatic nitrogens is 2. The highest BCUT2D eigenvalue weighted by Crippen LogP contribution is 2.37. The van der Waals surface area contributed by atoms with Gasteiger partial charge < -0.3 is 21.1 Å². The average molecular weight is 501 g/mol. The Morgan fingerprint density at radius 1 is 1.26 bits per heavy atom. The van der Waals surface area contributed by atoms with Crippen LogP contribution in [0.5, 0.6) is 0 Å². The van der Waals surface area contributed by atoms with Gasteiger partial charge in [0.25, 0.3) is 5.91 Å². The van der Waals surface area contributed by atoms with Crippen molar-refractivity contribution < 1.29 is 27.5 Å². The highest BCUT2D eigenvalue weighted by Gasteiger charge is 2.60. The van der Waals surface area contributed by atoms with Gasteiger partial charge in [0.05, 0.1) is 18.4 Å². The summed E-state index contributed by atoms with van der Waals surface area (Å²) in [6, 6.07) is 2.24. The largest absolute Gasteiger partial charge is 0.419 e. The van der Waals surface area contributed by atoms with Crippen molar-refractivity contribution in [2.75, 3.05) is 18.4 Å². The van der Waals surface area contributed by atoms with Gasteiger partial charge in [-0.3, -0.25) is 14.7 Å². The van der Waals surface area contributed by atoms with Crippen molar-refractivity contribution >= 4 is 17.6 Å². The number of nitrogens with one attached hydrogen (secondary N) is 3. The zero-order valence-corrected chi connectivity index (χ0v) is 20.2. The van der Waals surface area contributed by atoms with Gasteiger partial charge in [-0.25, -0.2) is 0 Å². The minimum atomic E-state index is -4.26. The molecular formula is C23H35F3N6O3. The molecule has 3 fully saturated rings. The molecule has 12 heteroatoms. The van der Waals surface area contributed by atoms with Crippen LogP contribution in [0.15, 0.2) is 6.20 Å². The summed E-state index contributed by atoms with van der Waals surface area (Å²) in [7, 11) is 0. The normalized spacial score (nSPS) is 19.2. The number of ether oxygens (including phenoxy) is 1. The lowest BCUT2D eigenvalue weighted by Crippen LogP contribution is -2.69. The first-order valence-electron chi connectivity index (χ1n) is 12.0. The molecule has 35 heavy (non-hydrogen) atoms. The first-order chi connectivity index (χ1) is 16.5. The number of hydrogen-bond acceptors (Lipinski definition) is 6. The van der Waals surface area contributed by atoms with E-state index in [2.05, 4.69) is 26.9 Å². The SMILES string of the molecule is CC(C)OC1(C(F)(F)F)CNC1.N#CCC1CCCCC1.NC(=O)c1cn[nH]c1NC(=O)C1CC1. The predicted molar refractivity (Wildman–Crippen MR) is 123 cm³/mol. The summed E-state index contributed by atoms with van der Waals surface area (Å²) in [5.41, 5.74) is 3.35. The van der Waals surface area contributed by atoms with E-state index in [1.807, 2.05) is 0 Å². The number of amides is 2. The van der Waals surface area contributed by atoms with Crippen LogP contribution in [0.4, 0.5) is 19.0 Å². The molecule has 5 N–H and O–H groups in total. The highest BCUT2D eigenvalue weighted by atomic mass is 19.4. The molecule has 1 aromatic heterocycles. The number of alkyl halides is 3. The van der Waals surface area contributed by atoms with Gasteiger partial charge in [0, 0.05) is 25.4 Å². The lowest BCUT2D eigenvalue weighted by molar-refractivity contribution is -0.302. The summed E-state index contributed by atoms with van der Waals surface area (Å²) in [6.07, 6.45) is 5.95. The van der Waals surface area contributed by atoms with Crippen LogP contribution in [-0.2, 0) is 9.53 Å². The molecule has 2 aliphatic carbocycles. The molecule has 1 saturated heterocycles. The molecule has 196 valence electrons. The quantitative estimate of drug-likeness (QED) is 0.469. The fourth-order valence-electron chi connectivity index (χ4n) is 3.81. The number of nitrogens with two attached hydrogens (primary N) is 1. The van der Waals surface area contributed by atoms with Crippen molar-refractivity contribution in [1.82, 2.24) is 15.5 Å². The molecule has 0 bridgehead atoms. The van der Waals surface area contributed by atoms with Gasteiger partial charge in [0.1, 0.15) is 11.4 Å². The summed E-state index contributed by atoms with van der Waals surface area (Å²) in [5, 5.41) is 19.7. The van der Waals surface area contributed by atoms with Crippen LogP contribution in [0, 0.1) is 23.2 Å². The van der Waals surface area contributed by atoms with Gasteiger partial charge in [-0.1, -0.05) is 19.3 Å². The zero-order valence-electron chi connectivity index (χ0n) is 20.2. The van der Waals surface area contributed by atoms with Crippen LogP contribution in [0.25, 0.3) is 0 Å². The summed E-state index contributed by atoms with van der Waals surface area (Å²) >= 11 is 0. The first-order valence-corrected chi connectivity index (χ1v) is 12.0. The Labute approximate surface area is 203 Å². The number of carbonyl (C=O) groups is 2. The Morgan fingerprint density at radius 3 is 2.29 bits per heavy atom. The van der Waals surface area contributed by atoms with Crippen LogP contribution in [-0.4, -0.2) is 53.0 Å². The third kappa shape index (κ3) is 8.81. The maximum Gasteiger partial charge on any atom is 0.419 e. The van der Waals surface area contributed by atoms with Crippen LogP contribution in [0.1, 0.15) is 75.6 Å². The number of anilines is 1. The molecule has 4 rings (SSSR count). The van der Waals surface area contributed by atoms with Gasteiger partial charge >= 0.3 is 6.18 Å². The second-order valence-corrected chi connectivity index (χ2v) is 9.41. The number of nitrogens with zero attached hydrogens (tertiary/aromatic N) is 2. The summed E-state index contributed by atoms with van der Waals surface area (Å²) in [6.45, 7) is 2.95. The molecule has 1 aliphatic heterocycles. The number of halogens is 3. The van der Waals surface area contributed by atoms with E-state index < -0.39 is 23.8 Å².